The van der Waals surface area contributed by atoms with Crippen molar-refractivity contribution < 1.29 is 33.3 Å². The fraction of sp³-hybridized carbons (Fsp3) is 0.360. The summed E-state index contributed by atoms with van der Waals surface area (Å²) in [7, 11) is 1.50. The maximum Gasteiger partial charge on any atom is 0.410 e. The second kappa shape index (κ2) is 9.65. The minimum Gasteiger partial charge on any atom is -0.491 e. The Morgan fingerprint density at radius 1 is 1.26 bits per heavy atom. The molecule has 1 aromatic carbocycles. The van der Waals surface area contributed by atoms with Crippen molar-refractivity contribution in [2.75, 3.05) is 38.7 Å². The van der Waals surface area contributed by atoms with Gasteiger partial charge < -0.3 is 24.3 Å². The Bertz CT molecular complexity index is 1510. The van der Waals surface area contributed by atoms with Crippen molar-refractivity contribution in [2.45, 2.75) is 25.1 Å². The summed E-state index contributed by atoms with van der Waals surface area (Å²) in [6.45, 7) is 1.62. The molecule has 0 aliphatic carbocycles. The molecule has 1 N–H and O–H groups in total. The summed E-state index contributed by atoms with van der Waals surface area (Å²) in [6, 6.07) is 6.33. The number of amides is 2. The molecule has 0 saturated carbocycles. The van der Waals surface area contributed by atoms with E-state index in [2.05, 4.69) is 20.3 Å². The molecule has 3 aliphatic rings. The number of carbonyl (C=O) groups is 3. The zero-order chi connectivity index (χ0) is 26.2. The molecule has 13 heteroatoms. The summed E-state index contributed by atoms with van der Waals surface area (Å²) in [5, 5.41) is 4.10. The van der Waals surface area contributed by atoms with Crippen LogP contribution in [-0.2, 0) is 20.8 Å². The summed E-state index contributed by atoms with van der Waals surface area (Å²) >= 11 is 0. The standard InChI is InChI=1S/C25H24N6O7/c1-35-20-18(36-9-10-37-25(34)31-13-15-11-17(31)23(33)38-15)5-4-16-19(20)28-24(30-8-7-27-21(16)30)29-22(32)14-3-2-6-26-12-14/h2-6,12,15,17,27H,7-11,13H2,1H3/t15-,17?/m1/s1. The van der Waals surface area contributed by atoms with Gasteiger partial charge in [-0.2, -0.15) is 4.99 Å². The van der Waals surface area contributed by atoms with Crippen molar-refractivity contribution in [3.05, 3.63) is 47.8 Å². The molecule has 38 heavy (non-hydrogen) atoms. The molecule has 5 heterocycles. The fourth-order valence-corrected chi connectivity index (χ4v) is 4.90. The maximum atomic E-state index is 12.7. The summed E-state index contributed by atoms with van der Waals surface area (Å²) in [5.74, 6) is 0.662. The highest BCUT2D eigenvalue weighted by Gasteiger charge is 2.49. The number of nitrogens with one attached hydrogen (secondary N) is 1. The number of anilines is 1. The molecule has 0 radical (unpaired) electrons. The first-order chi connectivity index (χ1) is 18.5. The molecular weight excluding hydrogens is 496 g/mol. The van der Waals surface area contributed by atoms with E-state index < -0.39 is 24.0 Å². The topological polar surface area (TPSA) is 146 Å². The molecule has 1 unspecified atom stereocenters. The molecule has 3 aliphatic heterocycles. The number of ether oxygens (including phenoxy) is 4. The Kier molecular flexibility index (Phi) is 6.02. The Labute approximate surface area is 216 Å². The van der Waals surface area contributed by atoms with E-state index in [4.69, 9.17) is 18.9 Å². The van der Waals surface area contributed by atoms with Crippen molar-refractivity contribution in [1.82, 2.24) is 19.4 Å². The Morgan fingerprint density at radius 3 is 2.92 bits per heavy atom. The average Bonchev–Trinajstić information content (AvgIpc) is 3.67. The highest BCUT2D eigenvalue weighted by Crippen LogP contribution is 2.37. The number of hydrogen-bond acceptors (Lipinski definition) is 10. The smallest absolute Gasteiger partial charge is 0.410 e. The number of morpholine rings is 1. The molecule has 13 nitrogen and oxygen atoms in total. The van der Waals surface area contributed by atoms with Gasteiger partial charge >= 0.3 is 12.1 Å². The summed E-state index contributed by atoms with van der Waals surface area (Å²) in [6.07, 6.45) is 2.71. The van der Waals surface area contributed by atoms with E-state index in [9.17, 15) is 14.4 Å². The van der Waals surface area contributed by atoms with E-state index in [1.54, 1.807) is 24.4 Å². The van der Waals surface area contributed by atoms with Gasteiger partial charge in [0.1, 0.15) is 36.7 Å². The van der Waals surface area contributed by atoms with E-state index in [1.165, 1.54) is 18.2 Å². The van der Waals surface area contributed by atoms with Crippen LogP contribution in [0, 0.1) is 0 Å². The van der Waals surface area contributed by atoms with Crippen molar-refractivity contribution in [3.8, 4) is 11.5 Å². The number of pyridine rings is 1. The predicted molar refractivity (Wildman–Crippen MR) is 131 cm³/mol. The van der Waals surface area contributed by atoms with Crippen LogP contribution in [0.3, 0.4) is 0 Å². The number of benzene rings is 1. The molecular formula is C25H24N6O7. The number of methoxy groups -OCH3 is 1. The molecule has 2 saturated heterocycles. The highest BCUT2D eigenvalue weighted by atomic mass is 16.6. The molecule has 2 bridgehead atoms. The van der Waals surface area contributed by atoms with Gasteiger partial charge in [-0.3, -0.25) is 19.2 Å². The lowest BCUT2D eigenvalue weighted by molar-refractivity contribution is -0.150. The van der Waals surface area contributed by atoms with E-state index in [0.717, 1.165) is 11.2 Å². The van der Waals surface area contributed by atoms with Crippen LogP contribution in [0.4, 0.5) is 10.6 Å². The van der Waals surface area contributed by atoms with Crippen LogP contribution >= 0.6 is 0 Å². The van der Waals surface area contributed by atoms with E-state index in [0.29, 0.717) is 48.6 Å². The monoisotopic (exact) mass is 520 g/mol. The second-order valence-electron chi connectivity index (χ2n) is 8.92. The lowest BCUT2D eigenvalue weighted by Crippen LogP contribution is -2.44. The second-order valence-corrected chi connectivity index (χ2v) is 8.92. The quantitative estimate of drug-likeness (QED) is 0.370. The van der Waals surface area contributed by atoms with Gasteiger partial charge in [-0.05, 0) is 24.3 Å². The molecule has 0 spiro atoms. The van der Waals surface area contributed by atoms with Crippen molar-refractivity contribution in [1.29, 1.82) is 0 Å². The molecule has 2 aromatic heterocycles. The Morgan fingerprint density at radius 2 is 2.16 bits per heavy atom. The average molecular weight is 521 g/mol. The van der Waals surface area contributed by atoms with Crippen LogP contribution in [0.5, 0.6) is 11.5 Å². The van der Waals surface area contributed by atoms with Gasteiger partial charge in [-0.25, -0.2) is 14.6 Å². The Hall–Kier alpha value is -4.68. The third kappa shape index (κ3) is 4.15. The van der Waals surface area contributed by atoms with Crippen molar-refractivity contribution >= 4 is 34.7 Å². The zero-order valence-corrected chi connectivity index (χ0v) is 20.5. The van der Waals surface area contributed by atoms with Gasteiger partial charge in [-0.15, -0.1) is 0 Å². The lowest BCUT2D eigenvalue weighted by Gasteiger charge is -2.24. The summed E-state index contributed by atoms with van der Waals surface area (Å²) in [4.78, 5) is 51.1. The number of hydrogen-bond donors (Lipinski definition) is 1. The van der Waals surface area contributed by atoms with Crippen LogP contribution in [0.2, 0.25) is 0 Å². The van der Waals surface area contributed by atoms with Gasteiger partial charge in [0.25, 0.3) is 5.91 Å². The van der Waals surface area contributed by atoms with Gasteiger partial charge in [0.2, 0.25) is 5.62 Å². The highest BCUT2D eigenvalue weighted by molar-refractivity contribution is 5.96. The number of esters is 1. The number of likely N-dealkylation sites (tertiary alicyclic amines) is 1. The van der Waals surface area contributed by atoms with Gasteiger partial charge in [0.15, 0.2) is 11.5 Å². The van der Waals surface area contributed by atoms with E-state index in [-0.39, 0.29) is 24.9 Å². The fourth-order valence-electron chi connectivity index (χ4n) is 4.90. The third-order valence-electron chi connectivity index (χ3n) is 6.63. The number of nitrogens with zero attached hydrogens (tertiary/aromatic N) is 5. The van der Waals surface area contributed by atoms with Gasteiger partial charge in [0, 0.05) is 37.3 Å². The number of fused-ring (bicyclic) bond motifs is 5. The van der Waals surface area contributed by atoms with Gasteiger partial charge in [-0.1, -0.05) is 0 Å². The minimum atomic E-state index is -0.576. The van der Waals surface area contributed by atoms with Crippen LogP contribution in [0.25, 0.3) is 10.9 Å². The SMILES string of the molecule is COc1c(OCCOC(=O)N2C[C@H]3CC2C(=O)O3)ccc2c3n(c(=NC(=O)c4cccnc4)nc12)CCN3. The van der Waals surface area contributed by atoms with Crippen LogP contribution in [0.15, 0.2) is 41.7 Å². The number of aromatic nitrogens is 3. The van der Waals surface area contributed by atoms with Crippen molar-refractivity contribution in [3.63, 3.8) is 0 Å². The molecule has 2 fully saturated rings. The minimum absolute atomic E-state index is 0.0296. The first-order valence-corrected chi connectivity index (χ1v) is 12.1. The Balaban J connectivity index is 1.22. The van der Waals surface area contributed by atoms with Crippen LogP contribution < -0.4 is 20.4 Å². The maximum absolute atomic E-state index is 12.7. The zero-order valence-electron chi connectivity index (χ0n) is 20.5. The first kappa shape index (κ1) is 23.7. The predicted octanol–water partition coefficient (Wildman–Crippen LogP) is 1.12. The van der Waals surface area contributed by atoms with Gasteiger partial charge in [0.05, 0.1) is 19.2 Å². The number of carbonyl (C=O) groups excluding carboxylic acids is 3. The normalized spacial score (nSPS) is 19.8. The molecule has 3 aromatic rings. The lowest BCUT2D eigenvalue weighted by atomic mass is 10.2. The summed E-state index contributed by atoms with van der Waals surface area (Å²) in [5.41, 5.74) is 1.05. The number of rotatable bonds is 6. The third-order valence-corrected chi connectivity index (χ3v) is 6.63. The largest absolute Gasteiger partial charge is 0.491 e. The molecule has 2 amide bonds. The summed E-state index contributed by atoms with van der Waals surface area (Å²) < 4.78 is 23.7. The molecule has 2 atom stereocenters. The first-order valence-electron chi connectivity index (χ1n) is 12.1. The molecule has 196 valence electrons. The van der Waals surface area contributed by atoms with Crippen LogP contribution in [0.1, 0.15) is 16.8 Å². The van der Waals surface area contributed by atoms with E-state index >= 15 is 0 Å². The van der Waals surface area contributed by atoms with Crippen LogP contribution in [-0.4, -0.2) is 83.0 Å². The molecule has 6 rings (SSSR count). The van der Waals surface area contributed by atoms with Crippen molar-refractivity contribution in [2.24, 2.45) is 4.99 Å². The van der Waals surface area contributed by atoms with E-state index in [1.807, 2.05) is 10.6 Å².